The van der Waals surface area contributed by atoms with E-state index >= 15 is 0 Å². The van der Waals surface area contributed by atoms with Crippen LogP contribution in [-0.4, -0.2) is 53.6 Å². The zero-order chi connectivity index (χ0) is 27.5. The topological polar surface area (TPSA) is 129 Å². The van der Waals surface area contributed by atoms with Gasteiger partial charge >= 0.3 is 6.09 Å². The Morgan fingerprint density at radius 3 is 2.59 bits per heavy atom. The van der Waals surface area contributed by atoms with Crippen LogP contribution in [0.3, 0.4) is 0 Å². The number of benzene rings is 1. The molecule has 1 aliphatic carbocycles. The number of nitrogens with zero attached hydrogens (tertiary/aromatic N) is 6. The fraction of sp³-hybridized carbons (Fsp3) is 0.607. The molecule has 210 valence electrons. The molecule has 5 rings (SSSR count). The average Bonchev–Trinajstić information content (AvgIpc) is 3.56. The molecule has 2 N–H and O–H groups in total. The van der Waals surface area contributed by atoms with Crippen LogP contribution in [0.5, 0.6) is 5.75 Å². The molecule has 39 heavy (non-hydrogen) atoms. The molecule has 0 spiro atoms. The predicted octanol–water partition coefficient (Wildman–Crippen LogP) is 5.06. The first kappa shape index (κ1) is 27.1. The highest BCUT2D eigenvalue weighted by molar-refractivity contribution is 5.64. The van der Waals surface area contributed by atoms with Crippen LogP contribution in [0, 0.1) is 0 Å². The Morgan fingerprint density at radius 1 is 1.10 bits per heavy atom. The van der Waals surface area contributed by atoms with Crippen molar-refractivity contribution in [2.24, 2.45) is 7.05 Å². The van der Waals surface area contributed by atoms with Crippen molar-refractivity contribution in [1.29, 1.82) is 0 Å². The van der Waals surface area contributed by atoms with Crippen LogP contribution in [-0.2, 0) is 11.8 Å². The van der Waals surface area contributed by atoms with E-state index in [4.69, 9.17) is 14.6 Å². The quantitative estimate of drug-likeness (QED) is 0.408. The van der Waals surface area contributed by atoms with Crippen molar-refractivity contribution in [1.82, 2.24) is 35.1 Å². The van der Waals surface area contributed by atoms with Gasteiger partial charge in [0.05, 0.1) is 24.9 Å². The summed E-state index contributed by atoms with van der Waals surface area (Å²) in [5, 5.41) is 29.3. The molecule has 0 unspecified atom stereocenters. The summed E-state index contributed by atoms with van der Waals surface area (Å²) in [5.41, 5.74) is 2.07. The van der Waals surface area contributed by atoms with Crippen molar-refractivity contribution >= 4 is 6.09 Å². The zero-order valence-electron chi connectivity index (χ0n) is 23.2. The minimum absolute atomic E-state index is 0.143. The smallest absolute Gasteiger partial charge is 0.404 e. The number of amides is 1. The highest BCUT2D eigenvalue weighted by Crippen LogP contribution is 2.38. The molecular formula is C28H39N7O4. The summed E-state index contributed by atoms with van der Waals surface area (Å²) in [6.07, 6.45) is 6.04. The lowest BCUT2D eigenvalue weighted by Gasteiger charge is -2.28. The molecule has 3 atom stereocenters. The summed E-state index contributed by atoms with van der Waals surface area (Å²) in [6.45, 7) is 6.73. The third-order valence-corrected chi connectivity index (χ3v) is 8.04. The number of carboxylic acid groups (broad SMARTS) is 1. The Morgan fingerprint density at radius 2 is 1.90 bits per heavy atom. The van der Waals surface area contributed by atoms with Gasteiger partial charge in [-0.1, -0.05) is 31.2 Å². The molecule has 1 amide bonds. The maximum atomic E-state index is 10.9. The van der Waals surface area contributed by atoms with Gasteiger partial charge in [-0.2, -0.15) is 0 Å². The molecular weight excluding hydrogens is 498 g/mol. The summed E-state index contributed by atoms with van der Waals surface area (Å²) >= 11 is 0. The second-order valence-electron chi connectivity index (χ2n) is 11.1. The number of nitrogens with one attached hydrogen (secondary N) is 1. The van der Waals surface area contributed by atoms with Crippen molar-refractivity contribution in [3.05, 3.63) is 53.4 Å². The molecule has 3 aromatic rings. The van der Waals surface area contributed by atoms with E-state index in [0.717, 1.165) is 61.6 Å². The summed E-state index contributed by atoms with van der Waals surface area (Å²) < 4.78 is 16.2. The van der Waals surface area contributed by atoms with E-state index in [1.165, 1.54) is 5.56 Å². The van der Waals surface area contributed by atoms with E-state index in [-0.39, 0.29) is 24.3 Å². The number of hydrogen-bond donors (Lipinski definition) is 2. The molecule has 0 bridgehead atoms. The second-order valence-corrected chi connectivity index (χ2v) is 11.1. The molecule has 2 aliphatic rings. The van der Waals surface area contributed by atoms with E-state index < -0.39 is 6.09 Å². The molecule has 1 aromatic carbocycles. The molecule has 1 aliphatic heterocycles. The maximum Gasteiger partial charge on any atom is 0.404 e. The number of aromatic nitrogens is 6. The summed E-state index contributed by atoms with van der Waals surface area (Å²) in [7, 11) is 2.03. The lowest BCUT2D eigenvalue weighted by molar-refractivity contribution is -0.00547. The predicted molar refractivity (Wildman–Crippen MR) is 144 cm³/mol. The molecule has 2 aromatic heterocycles. The Labute approximate surface area is 228 Å². The molecule has 3 heterocycles. The van der Waals surface area contributed by atoms with Crippen molar-refractivity contribution in [3.8, 4) is 5.75 Å². The third kappa shape index (κ3) is 6.24. The van der Waals surface area contributed by atoms with Crippen molar-refractivity contribution in [3.63, 3.8) is 0 Å². The van der Waals surface area contributed by atoms with Gasteiger partial charge in [0.1, 0.15) is 23.4 Å². The van der Waals surface area contributed by atoms with E-state index in [2.05, 4.69) is 56.4 Å². The maximum absolute atomic E-state index is 10.9. The molecule has 2 fully saturated rings. The van der Waals surface area contributed by atoms with Crippen LogP contribution >= 0.6 is 0 Å². The minimum atomic E-state index is -1.02. The fourth-order valence-electron chi connectivity index (χ4n) is 5.76. The Bertz CT molecular complexity index is 1260. The van der Waals surface area contributed by atoms with Gasteiger partial charge in [-0.15, -0.1) is 15.3 Å². The number of ether oxygens (including phenoxy) is 2. The van der Waals surface area contributed by atoms with Gasteiger partial charge in [0, 0.05) is 13.0 Å². The summed E-state index contributed by atoms with van der Waals surface area (Å²) in [5.74, 6) is 3.47. The van der Waals surface area contributed by atoms with Crippen molar-refractivity contribution in [2.45, 2.75) is 95.4 Å². The van der Waals surface area contributed by atoms with Gasteiger partial charge in [0.2, 0.25) is 0 Å². The standard InChI is InChI=1S/C28H39N7O4/c1-17(2)20-6-5-7-23(14-20)39-18(3)26-31-32-27(34(26)4)19-8-11-22(12-9-19)35-15-24(30-33-35)25-13-10-21(16-38-25)29-28(36)37/h5-7,14-15,17-19,21-22,25,29H,8-13,16H2,1-4H3,(H,36,37)/t18-,19?,21-,22?,25+/m1/s1. The molecule has 0 radical (unpaired) electrons. The summed E-state index contributed by atoms with van der Waals surface area (Å²) in [6, 6.07) is 8.37. The van der Waals surface area contributed by atoms with E-state index in [9.17, 15) is 4.79 Å². The second kappa shape index (κ2) is 11.7. The van der Waals surface area contributed by atoms with Gasteiger partial charge in [0.25, 0.3) is 0 Å². The average molecular weight is 538 g/mol. The highest BCUT2D eigenvalue weighted by Gasteiger charge is 2.31. The number of rotatable bonds is 8. The van der Waals surface area contributed by atoms with Crippen molar-refractivity contribution in [2.75, 3.05) is 6.61 Å². The Kier molecular flexibility index (Phi) is 8.15. The monoisotopic (exact) mass is 537 g/mol. The van der Waals surface area contributed by atoms with Gasteiger partial charge in [-0.25, -0.2) is 9.48 Å². The highest BCUT2D eigenvalue weighted by atomic mass is 16.5. The van der Waals surface area contributed by atoms with E-state index in [1.54, 1.807) is 0 Å². The van der Waals surface area contributed by atoms with E-state index in [1.807, 2.05) is 37.0 Å². The van der Waals surface area contributed by atoms with Gasteiger partial charge in [-0.05, 0) is 69.1 Å². The van der Waals surface area contributed by atoms with Crippen LogP contribution in [0.15, 0.2) is 30.5 Å². The third-order valence-electron chi connectivity index (χ3n) is 8.04. The SMILES string of the molecule is CC(C)c1cccc(O[C@H](C)c2nnc(C3CCC(n4cc([C@@H]5CC[C@@H](NC(=O)O)CO5)nn4)CC3)n2C)c1. The minimum Gasteiger partial charge on any atom is -0.483 e. The van der Waals surface area contributed by atoms with Gasteiger partial charge in [0.15, 0.2) is 11.9 Å². The largest absolute Gasteiger partial charge is 0.483 e. The van der Waals surface area contributed by atoms with E-state index in [0.29, 0.717) is 18.4 Å². The summed E-state index contributed by atoms with van der Waals surface area (Å²) in [4.78, 5) is 10.9. The van der Waals surface area contributed by atoms with Gasteiger partial charge in [-0.3, -0.25) is 0 Å². The molecule has 11 heteroatoms. The van der Waals surface area contributed by atoms with Crippen LogP contribution in [0.1, 0.15) is 112 Å². The Hall–Kier alpha value is -3.47. The number of hydrogen-bond acceptors (Lipinski definition) is 7. The lowest BCUT2D eigenvalue weighted by Crippen LogP contribution is -2.40. The molecule has 1 saturated heterocycles. The normalized spacial score (nSPS) is 24.4. The fourth-order valence-corrected chi connectivity index (χ4v) is 5.76. The zero-order valence-corrected chi connectivity index (χ0v) is 23.2. The molecule has 11 nitrogen and oxygen atoms in total. The Balaban J connectivity index is 1.15. The van der Waals surface area contributed by atoms with Crippen molar-refractivity contribution < 1.29 is 19.4 Å². The van der Waals surface area contributed by atoms with Crippen LogP contribution in [0.4, 0.5) is 4.79 Å². The van der Waals surface area contributed by atoms with Crippen LogP contribution in [0.25, 0.3) is 0 Å². The van der Waals surface area contributed by atoms with Crippen LogP contribution in [0.2, 0.25) is 0 Å². The first-order valence-electron chi connectivity index (χ1n) is 14.0. The number of carbonyl (C=O) groups is 1. The van der Waals surface area contributed by atoms with Gasteiger partial charge < -0.3 is 24.5 Å². The lowest BCUT2D eigenvalue weighted by atomic mass is 9.85. The van der Waals surface area contributed by atoms with Crippen LogP contribution < -0.4 is 10.1 Å². The first-order valence-corrected chi connectivity index (χ1v) is 14.0. The molecule has 1 saturated carbocycles. The first-order chi connectivity index (χ1) is 18.8.